The summed E-state index contributed by atoms with van der Waals surface area (Å²) in [5.41, 5.74) is 3.74. The summed E-state index contributed by atoms with van der Waals surface area (Å²) in [6, 6.07) is 9.50. The number of carbonyl (C=O) groups excluding carboxylic acids is 1. The second-order valence-electron chi connectivity index (χ2n) is 5.34. The topological polar surface area (TPSA) is 51.2 Å². The molecule has 1 aromatic carbocycles. The molecular weight excluding hydrogens is 288 g/mol. The molecule has 0 saturated heterocycles. The summed E-state index contributed by atoms with van der Waals surface area (Å²) >= 11 is 0. The van der Waals surface area contributed by atoms with Crippen LogP contribution in [-0.2, 0) is 0 Å². The zero-order valence-corrected chi connectivity index (χ0v) is 13.6. The smallest absolute Gasteiger partial charge is 0.252 e. The van der Waals surface area contributed by atoms with Gasteiger partial charge >= 0.3 is 0 Å². The number of carbonyl (C=O) groups is 1. The van der Waals surface area contributed by atoms with Gasteiger partial charge in [0.15, 0.2) is 0 Å². The Balaban J connectivity index is 1.76. The minimum atomic E-state index is -0.116. The van der Waals surface area contributed by atoms with Crippen LogP contribution < -0.4 is 10.1 Å². The molecule has 0 spiro atoms. The number of aryl methyl sites for hydroxylation is 3. The third-order valence-corrected chi connectivity index (χ3v) is 3.14. The summed E-state index contributed by atoms with van der Waals surface area (Å²) in [7, 11) is 0. The van der Waals surface area contributed by atoms with E-state index in [4.69, 9.17) is 4.74 Å². The average Bonchev–Trinajstić information content (AvgIpc) is 2.51. The van der Waals surface area contributed by atoms with E-state index in [1.807, 2.05) is 51.1 Å². The minimum Gasteiger partial charge on any atom is -0.479 e. The van der Waals surface area contributed by atoms with E-state index in [-0.39, 0.29) is 12.5 Å². The largest absolute Gasteiger partial charge is 0.479 e. The summed E-state index contributed by atoms with van der Waals surface area (Å²) in [6.45, 7) is 6.43. The second kappa shape index (κ2) is 8.00. The van der Waals surface area contributed by atoms with Crippen LogP contribution in [0.15, 0.2) is 36.5 Å². The molecule has 4 nitrogen and oxygen atoms in total. The van der Waals surface area contributed by atoms with Crippen molar-refractivity contribution in [2.75, 3.05) is 13.2 Å². The van der Waals surface area contributed by atoms with Gasteiger partial charge in [-0.3, -0.25) is 9.78 Å². The summed E-state index contributed by atoms with van der Waals surface area (Å²) in [4.78, 5) is 16.2. The molecule has 2 aromatic rings. The molecule has 23 heavy (non-hydrogen) atoms. The van der Waals surface area contributed by atoms with Crippen molar-refractivity contribution in [2.45, 2.75) is 20.8 Å². The van der Waals surface area contributed by atoms with Gasteiger partial charge in [0, 0.05) is 11.3 Å². The molecule has 118 valence electrons. The molecule has 0 aliphatic heterocycles. The Morgan fingerprint density at radius 1 is 1.13 bits per heavy atom. The average molecular weight is 308 g/mol. The Morgan fingerprint density at radius 3 is 2.52 bits per heavy atom. The molecule has 1 aromatic heterocycles. The quantitative estimate of drug-likeness (QED) is 0.884. The number of rotatable bonds is 4. The first-order chi connectivity index (χ1) is 11.0. The zero-order chi connectivity index (χ0) is 16.7. The van der Waals surface area contributed by atoms with E-state index in [1.54, 1.807) is 6.20 Å². The van der Waals surface area contributed by atoms with Crippen molar-refractivity contribution in [1.82, 2.24) is 10.3 Å². The van der Waals surface area contributed by atoms with E-state index in [0.29, 0.717) is 17.9 Å². The molecule has 1 amide bonds. The highest BCUT2D eigenvalue weighted by molar-refractivity contribution is 5.94. The number of hydrogen-bond donors (Lipinski definition) is 1. The van der Waals surface area contributed by atoms with Gasteiger partial charge in [-0.25, -0.2) is 0 Å². The van der Waals surface area contributed by atoms with Crippen molar-refractivity contribution in [3.63, 3.8) is 0 Å². The van der Waals surface area contributed by atoms with Crippen molar-refractivity contribution in [3.05, 3.63) is 58.9 Å². The van der Waals surface area contributed by atoms with Crippen LogP contribution in [0.2, 0.25) is 0 Å². The predicted octanol–water partition coefficient (Wildman–Crippen LogP) is 2.82. The van der Waals surface area contributed by atoms with Gasteiger partial charge in [-0.15, -0.1) is 0 Å². The summed E-state index contributed by atoms with van der Waals surface area (Å²) < 4.78 is 5.44. The first-order valence-corrected chi connectivity index (χ1v) is 7.42. The normalized spacial score (nSPS) is 9.70. The summed E-state index contributed by atoms with van der Waals surface area (Å²) in [5.74, 6) is 6.30. The fourth-order valence-corrected chi connectivity index (χ4v) is 2.10. The molecule has 0 aliphatic carbocycles. The van der Waals surface area contributed by atoms with Crippen LogP contribution in [-0.4, -0.2) is 24.0 Å². The maximum absolute atomic E-state index is 12.0. The Hall–Kier alpha value is -2.80. The highest BCUT2D eigenvalue weighted by Crippen LogP contribution is 2.09. The van der Waals surface area contributed by atoms with Crippen LogP contribution in [0, 0.1) is 32.6 Å². The standard InChI is InChI=1S/C19H20N2O2/c1-14-10-15(2)12-17(11-14)19(22)20-8-4-5-9-23-18-7-6-16(3)21-13-18/h6-7,10-13H,8-9H2,1-3H3,(H,20,22). The van der Waals surface area contributed by atoms with Gasteiger partial charge in [0.2, 0.25) is 0 Å². The number of nitrogens with zero attached hydrogens (tertiary/aromatic N) is 1. The minimum absolute atomic E-state index is 0.116. The van der Waals surface area contributed by atoms with Crippen LogP contribution in [0.25, 0.3) is 0 Å². The van der Waals surface area contributed by atoms with Crippen LogP contribution in [0.5, 0.6) is 5.75 Å². The molecule has 0 saturated carbocycles. The number of ether oxygens (including phenoxy) is 1. The van der Waals surface area contributed by atoms with Crippen molar-refractivity contribution in [2.24, 2.45) is 0 Å². The number of pyridine rings is 1. The molecule has 0 fully saturated rings. The van der Waals surface area contributed by atoms with E-state index in [1.165, 1.54) is 0 Å². The lowest BCUT2D eigenvalue weighted by atomic mass is 10.1. The Bertz CT molecular complexity index is 720. The van der Waals surface area contributed by atoms with Gasteiger partial charge in [0.1, 0.15) is 12.4 Å². The lowest BCUT2D eigenvalue weighted by molar-refractivity contribution is 0.0958. The van der Waals surface area contributed by atoms with Gasteiger partial charge in [0.05, 0.1) is 12.7 Å². The van der Waals surface area contributed by atoms with E-state index in [2.05, 4.69) is 22.1 Å². The number of benzene rings is 1. The zero-order valence-electron chi connectivity index (χ0n) is 13.6. The number of hydrogen-bond acceptors (Lipinski definition) is 3. The van der Waals surface area contributed by atoms with Gasteiger partial charge in [-0.2, -0.15) is 0 Å². The number of amides is 1. The summed E-state index contributed by atoms with van der Waals surface area (Å²) in [6.07, 6.45) is 1.67. The molecule has 4 heteroatoms. The van der Waals surface area contributed by atoms with E-state index in [9.17, 15) is 4.79 Å². The van der Waals surface area contributed by atoms with E-state index < -0.39 is 0 Å². The molecule has 1 N–H and O–H groups in total. The lowest BCUT2D eigenvalue weighted by Crippen LogP contribution is -2.23. The molecule has 0 atom stereocenters. The van der Waals surface area contributed by atoms with Crippen LogP contribution >= 0.6 is 0 Å². The van der Waals surface area contributed by atoms with E-state index in [0.717, 1.165) is 16.8 Å². The third kappa shape index (κ3) is 5.48. The SMILES string of the molecule is Cc1cc(C)cc(C(=O)NCC#CCOc2ccc(C)nc2)c1. The van der Waals surface area contributed by atoms with Gasteiger partial charge in [-0.1, -0.05) is 29.0 Å². The van der Waals surface area contributed by atoms with Gasteiger partial charge in [0.25, 0.3) is 5.91 Å². The van der Waals surface area contributed by atoms with Crippen molar-refractivity contribution in [1.29, 1.82) is 0 Å². The van der Waals surface area contributed by atoms with E-state index >= 15 is 0 Å². The van der Waals surface area contributed by atoms with Crippen molar-refractivity contribution in [3.8, 4) is 17.6 Å². The molecule has 0 bridgehead atoms. The fourth-order valence-electron chi connectivity index (χ4n) is 2.10. The number of aromatic nitrogens is 1. The first kappa shape index (κ1) is 16.6. The predicted molar refractivity (Wildman–Crippen MR) is 90.5 cm³/mol. The third-order valence-electron chi connectivity index (χ3n) is 3.14. The molecular formula is C19H20N2O2. The molecule has 1 heterocycles. The number of nitrogens with one attached hydrogen (secondary N) is 1. The Morgan fingerprint density at radius 2 is 1.87 bits per heavy atom. The second-order valence-corrected chi connectivity index (χ2v) is 5.34. The van der Waals surface area contributed by atoms with Gasteiger partial charge < -0.3 is 10.1 Å². The van der Waals surface area contributed by atoms with Crippen LogP contribution in [0.1, 0.15) is 27.2 Å². The fraction of sp³-hybridized carbons (Fsp3) is 0.263. The molecule has 0 radical (unpaired) electrons. The molecule has 2 rings (SSSR count). The highest BCUT2D eigenvalue weighted by atomic mass is 16.5. The molecule has 0 unspecified atom stereocenters. The maximum atomic E-state index is 12.0. The first-order valence-electron chi connectivity index (χ1n) is 7.42. The van der Waals surface area contributed by atoms with Crippen molar-refractivity contribution >= 4 is 5.91 Å². The monoisotopic (exact) mass is 308 g/mol. The Labute approximate surface area is 136 Å². The maximum Gasteiger partial charge on any atom is 0.252 e. The summed E-state index contributed by atoms with van der Waals surface area (Å²) in [5, 5.41) is 2.78. The van der Waals surface area contributed by atoms with Crippen molar-refractivity contribution < 1.29 is 9.53 Å². The molecule has 0 aliphatic rings. The Kier molecular flexibility index (Phi) is 5.76. The van der Waals surface area contributed by atoms with Crippen LogP contribution in [0.3, 0.4) is 0 Å². The van der Waals surface area contributed by atoms with Gasteiger partial charge in [-0.05, 0) is 45.0 Å². The lowest BCUT2D eigenvalue weighted by Gasteiger charge is -2.04. The van der Waals surface area contributed by atoms with Crippen LogP contribution in [0.4, 0.5) is 0 Å². The highest BCUT2D eigenvalue weighted by Gasteiger charge is 2.04.